The molecule has 1 aliphatic rings. The third kappa shape index (κ3) is 3.55. The van der Waals surface area contributed by atoms with Gasteiger partial charge in [0.1, 0.15) is 0 Å². The van der Waals surface area contributed by atoms with Gasteiger partial charge in [0.2, 0.25) is 5.89 Å². The van der Waals surface area contributed by atoms with Gasteiger partial charge in [-0.05, 0) is 11.4 Å². The minimum Gasteiger partial charge on any atom is -0.378 e. The largest absolute Gasteiger partial charge is 0.378 e. The van der Waals surface area contributed by atoms with Gasteiger partial charge in [-0.3, -0.25) is 9.69 Å². The fraction of sp³-hybridized carbons (Fsp3) is 0.500. The van der Waals surface area contributed by atoms with Crippen molar-refractivity contribution in [2.75, 3.05) is 19.8 Å². The van der Waals surface area contributed by atoms with E-state index in [4.69, 9.17) is 9.26 Å². The maximum absolute atomic E-state index is 12.3. The second kappa shape index (κ2) is 6.46. The summed E-state index contributed by atoms with van der Waals surface area (Å²) in [7, 11) is 0. The Labute approximate surface area is 126 Å². The maximum atomic E-state index is 12.3. The average molecular weight is 307 g/mol. The first-order chi connectivity index (χ1) is 10.2. The number of thiophene rings is 1. The lowest BCUT2D eigenvalue weighted by Crippen LogP contribution is -2.46. The van der Waals surface area contributed by atoms with Crippen LogP contribution in [0.5, 0.6) is 0 Å². The highest BCUT2D eigenvalue weighted by molar-refractivity contribution is 7.12. The summed E-state index contributed by atoms with van der Waals surface area (Å²) < 4.78 is 10.5. The van der Waals surface area contributed by atoms with Crippen LogP contribution < -0.4 is 0 Å². The van der Waals surface area contributed by atoms with Crippen LogP contribution in [0.1, 0.15) is 27.8 Å². The van der Waals surface area contributed by atoms with Crippen LogP contribution in [0, 0.1) is 6.92 Å². The van der Waals surface area contributed by atoms with Crippen LogP contribution in [0.15, 0.2) is 22.0 Å². The molecule has 2 aromatic heterocycles. The van der Waals surface area contributed by atoms with E-state index in [1.165, 1.54) is 11.3 Å². The van der Waals surface area contributed by atoms with Gasteiger partial charge >= 0.3 is 0 Å². The molecule has 1 aliphatic heterocycles. The summed E-state index contributed by atoms with van der Waals surface area (Å²) in [5.74, 6) is 1.38. The molecule has 7 heteroatoms. The number of morpholine rings is 1. The van der Waals surface area contributed by atoms with E-state index in [0.717, 1.165) is 11.4 Å². The molecule has 0 spiro atoms. The Hall–Kier alpha value is -1.57. The lowest BCUT2D eigenvalue weighted by molar-refractivity contribution is -0.0138. The van der Waals surface area contributed by atoms with E-state index >= 15 is 0 Å². The van der Waals surface area contributed by atoms with Gasteiger partial charge in [-0.2, -0.15) is 4.98 Å². The first kappa shape index (κ1) is 14.4. The number of Topliss-reactive ketones (excluding diaryl/α,β-unsaturated/α-hetero) is 1. The molecule has 1 fully saturated rings. The fourth-order valence-corrected chi connectivity index (χ4v) is 3.10. The van der Waals surface area contributed by atoms with E-state index in [1.807, 2.05) is 17.5 Å². The molecule has 0 aliphatic carbocycles. The average Bonchev–Trinajstić information content (AvgIpc) is 3.13. The Morgan fingerprint density at radius 3 is 3.19 bits per heavy atom. The van der Waals surface area contributed by atoms with Crippen molar-refractivity contribution in [3.05, 3.63) is 34.1 Å². The first-order valence-electron chi connectivity index (χ1n) is 6.90. The van der Waals surface area contributed by atoms with Crippen LogP contribution >= 0.6 is 11.3 Å². The van der Waals surface area contributed by atoms with Gasteiger partial charge in [0.15, 0.2) is 11.6 Å². The molecule has 6 nitrogen and oxygen atoms in total. The second-order valence-corrected chi connectivity index (χ2v) is 5.98. The van der Waals surface area contributed by atoms with E-state index in [-0.39, 0.29) is 11.8 Å². The van der Waals surface area contributed by atoms with Gasteiger partial charge in [-0.1, -0.05) is 11.2 Å². The van der Waals surface area contributed by atoms with Crippen LogP contribution in [-0.2, 0) is 11.3 Å². The number of hydrogen-bond donors (Lipinski definition) is 0. The molecule has 2 aromatic rings. The molecule has 1 atom stereocenters. The monoisotopic (exact) mass is 307 g/mol. The van der Waals surface area contributed by atoms with Gasteiger partial charge in [-0.15, -0.1) is 11.3 Å². The molecule has 21 heavy (non-hydrogen) atoms. The lowest BCUT2D eigenvalue weighted by Gasteiger charge is -2.34. The van der Waals surface area contributed by atoms with Crippen molar-refractivity contribution in [3.8, 4) is 0 Å². The number of aromatic nitrogens is 2. The van der Waals surface area contributed by atoms with Crippen molar-refractivity contribution in [1.82, 2.24) is 15.0 Å². The Kier molecular flexibility index (Phi) is 4.42. The zero-order valence-electron chi connectivity index (χ0n) is 11.8. The van der Waals surface area contributed by atoms with E-state index < -0.39 is 0 Å². The minimum atomic E-state index is 0.0622. The molecule has 112 valence electrons. The SMILES string of the molecule is Cc1nc(CN2CCOCC2CC(=O)c2cccs2)no1. The van der Waals surface area contributed by atoms with E-state index in [1.54, 1.807) is 6.92 Å². The lowest BCUT2D eigenvalue weighted by atomic mass is 10.1. The highest BCUT2D eigenvalue weighted by Crippen LogP contribution is 2.18. The van der Waals surface area contributed by atoms with Crippen molar-refractivity contribution >= 4 is 17.1 Å². The molecule has 1 saturated heterocycles. The molecule has 1 unspecified atom stereocenters. The second-order valence-electron chi connectivity index (χ2n) is 5.03. The molecule has 0 aromatic carbocycles. The minimum absolute atomic E-state index is 0.0622. The van der Waals surface area contributed by atoms with Gasteiger partial charge in [0.05, 0.1) is 24.6 Å². The van der Waals surface area contributed by atoms with E-state index in [0.29, 0.717) is 37.9 Å². The number of carbonyl (C=O) groups is 1. The summed E-state index contributed by atoms with van der Waals surface area (Å²) in [4.78, 5) is 19.5. The van der Waals surface area contributed by atoms with Crippen molar-refractivity contribution in [1.29, 1.82) is 0 Å². The van der Waals surface area contributed by atoms with Crippen molar-refractivity contribution in [2.45, 2.75) is 25.9 Å². The normalized spacial score (nSPS) is 19.8. The van der Waals surface area contributed by atoms with Gasteiger partial charge in [0, 0.05) is 25.9 Å². The topological polar surface area (TPSA) is 68.5 Å². The first-order valence-corrected chi connectivity index (χ1v) is 7.78. The molecule has 0 N–H and O–H groups in total. The van der Waals surface area contributed by atoms with Crippen molar-refractivity contribution in [2.24, 2.45) is 0 Å². The zero-order chi connectivity index (χ0) is 14.7. The molecule has 3 heterocycles. The third-order valence-electron chi connectivity index (χ3n) is 3.48. The summed E-state index contributed by atoms with van der Waals surface area (Å²) >= 11 is 1.48. The highest BCUT2D eigenvalue weighted by atomic mass is 32.1. The molecular formula is C14H17N3O3S. The predicted molar refractivity (Wildman–Crippen MR) is 77.3 cm³/mol. The van der Waals surface area contributed by atoms with Crippen LogP contribution in [0.25, 0.3) is 0 Å². The van der Waals surface area contributed by atoms with Crippen LogP contribution in [-0.4, -0.2) is 46.6 Å². The summed E-state index contributed by atoms with van der Waals surface area (Å²) in [6.07, 6.45) is 0.456. The highest BCUT2D eigenvalue weighted by Gasteiger charge is 2.27. The fourth-order valence-electron chi connectivity index (χ4n) is 2.42. The summed E-state index contributed by atoms with van der Waals surface area (Å²) in [6, 6.07) is 3.82. The van der Waals surface area contributed by atoms with Crippen LogP contribution in [0.3, 0.4) is 0 Å². The predicted octanol–water partition coefficient (Wildman–Crippen LogP) is 1.91. The number of rotatable bonds is 5. The van der Waals surface area contributed by atoms with E-state index in [2.05, 4.69) is 15.0 Å². The standard InChI is InChI=1S/C14H17N3O3S/c1-10-15-14(16-20-10)8-17-4-5-19-9-11(17)7-12(18)13-3-2-6-21-13/h2-3,6,11H,4-5,7-9H2,1H3. The Bertz CT molecular complexity index is 596. The Balaban J connectivity index is 1.65. The summed E-state index contributed by atoms with van der Waals surface area (Å²) in [5, 5.41) is 5.84. The quantitative estimate of drug-likeness (QED) is 0.786. The Morgan fingerprint density at radius 1 is 1.57 bits per heavy atom. The zero-order valence-corrected chi connectivity index (χ0v) is 12.6. The van der Waals surface area contributed by atoms with Gasteiger partial charge in [-0.25, -0.2) is 0 Å². The number of carbonyl (C=O) groups excluding carboxylic acids is 1. The maximum Gasteiger partial charge on any atom is 0.223 e. The summed E-state index contributed by atoms with van der Waals surface area (Å²) in [5.41, 5.74) is 0. The summed E-state index contributed by atoms with van der Waals surface area (Å²) in [6.45, 7) is 4.36. The molecule has 0 saturated carbocycles. The molecule has 0 amide bonds. The van der Waals surface area contributed by atoms with Crippen molar-refractivity contribution < 1.29 is 14.1 Å². The Morgan fingerprint density at radius 2 is 2.48 bits per heavy atom. The van der Waals surface area contributed by atoms with Crippen LogP contribution in [0.4, 0.5) is 0 Å². The third-order valence-corrected chi connectivity index (χ3v) is 4.39. The molecule has 0 radical (unpaired) electrons. The number of aryl methyl sites for hydroxylation is 1. The molecule has 3 rings (SSSR count). The van der Waals surface area contributed by atoms with Gasteiger partial charge < -0.3 is 9.26 Å². The molecular weight excluding hydrogens is 290 g/mol. The van der Waals surface area contributed by atoms with Crippen molar-refractivity contribution in [3.63, 3.8) is 0 Å². The number of ether oxygens (including phenoxy) is 1. The van der Waals surface area contributed by atoms with Gasteiger partial charge in [0.25, 0.3) is 0 Å². The number of hydrogen-bond acceptors (Lipinski definition) is 7. The smallest absolute Gasteiger partial charge is 0.223 e. The number of nitrogens with zero attached hydrogens (tertiary/aromatic N) is 3. The van der Waals surface area contributed by atoms with Crippen LogP contribution in [0.2, 0.25) is 0 Å². The molecule has 0 bridgehead atoms. The number of ketones is 1. The van der Waals surface area contributed by atoms with E-state index in [9.17, 15) is 4.79 Å².